The van der Waals surface area contributed by atoms with E-state index in [1.165, 1.54) is 0 Å². The fraction of sp³-hybridized carbons (Fsp3) is 0.444. The second-order valence-electron chi connectivity index (χ2n) is 2.67. The van der Waals surface area contributed by atoms with Crippen molar-refractivity contribution in [1.29, 1.82) is 0 Å². The van der Waals surface area contributed by atoms with Gasteiger partial charge in [-0.15, -0.1) is 0 Å². The molecule has 1 aromatic rings. The lowest BCUT2D eigenvalue weighted by Crippen LogP contribution is -2.08. The maximum absolute atomic E-state index is 4.28. The van der Waals surface area contributed by atoms with Crippen molar-refractivity contribution in [1.82, 2.24) is 10.3 Å². The molecule has 3 heteroatoms. The molecule has 0 unspecified atom stereocenters. The van der Waals surface area contributed by atoms with Crippen molar-refractivity contribution in [2.24, 2.45) is 0 Å². The molecule has 1 heterocycles. The van der Waals surface area contributed by atoms with Gasteiger partial charge in [0.1, 0.15) is 0 Å². The van der Waals surface area contributed by atoms with E-state index in [0.717, 1.165) is 29.6 Å². The molecule has 1 N–H and O–H groups in total. The monoisotopic (exact) mass is 228 g/mol. The first-order valence-corrected chi connectivity index (χ1v) is 4.87. The van der Waals surface area contributed by atoms with Gasteiger partial charge in [-0.3, -0.25) is 4.98 Å². The molecule has 1 rings (SSSR count). The van der Waals surface area contributed by atoms with Crippen molar-refractivity contribution in [2.75, 3.05) is 13.6 Å². The molecule has 2 nitrogen and oxygen atoms in total. The van der Waals surface area contributed by atoms with Crippen molar-refractivity contribution >= 4 is 15.9 Å². The van der Waals surface area contributed by atoms with Crippen LogP contribution in [-0.4, -0.2) is 18.6 Å². The Balaban J connectivity index is 2.37. The molecule has 66 valence electrons. The summed E-state index contributed by atoms with van der Waals surface area (Å²) in [6.45, 7) is 1.05. The van der Waals surface area contributed by atoms with E-state index in [1.807, 2.05) is 19.3 Å². The summed E-state index contributed by atoms with van der Waals surface area (Å²) < 4.78 is 1.04. The molecular weight excluding hydrogens is 216 g/mol. The Hall–Kier alpha value is -0.410. The van der Waals surface area contributed by atoms with Crippen LogP contribution in [0, 0.1) is 0 Å². The van der Waals surface area contributed by atoms with Gasteiger partial charge in [0.05, 0.1) is 0 Å². The normalized spacial score (nSPS) is 10.2. The van der Waals surface area contributed by atoms with E-state index in [1.54, 1.807) is 0 Å². The molecule has 0 spiro atoms. The second-order valence-corrected chi connectivity index (χ2v) is 3.59. The Morgan fingerprint density at radius 2 is 2.33 bits per heavy atom. The minimum Gasteiger partial charge on any atom is -0.320 e. The van der Waals surface area contributed by atoms with Gasteiger partial charge < -0.3 is 5.32 Å². The molecule has 0 saturated heterocycles. The van der Waals surface area contributed by atoms with E-state index >= 15 is 0 Å². The highest BCUT2D eigenvalue weighted by atomic mass is 79.9. The minimum absolute atomic E-state index is 1.04. The van der Waals surface area contributed by atoms with Crippen LogP contribution < -0.4 is 5.32 Å². The number of halogens is 1. The molecule has 0 bridgehead atoms. The topological polar surface area (TPSA) is 24.9 Å². The minimum atomic E-state index is 1.04. The van der Waals surface area contributed by atoms with Gasteiger partial charge in [0.2, 0.25) is 0 Å². The van der Waals surface area contributed by atoms with E-state index in [2.05, 4.69) is 32.3 Å². The summed E-state index contributed by atoms with van der Waals surface area (Å²) >= 11 is 3.35. The van der Waals surface area contributed by atoms with Crippen LogP contribution in [0.1, 0.15) is 12.1 Å². The van der Waals surface area contributed by atoms with Gasteiger partial charge in [-0.25, -0.2) is 0 Å². The summed E-state index contributed by atoms with van der Waals surface area (Å²) in [5.41, 5.74) is 1.16. The number of hydrogen-bond donors (Lipinski definition) is 1. The number of nitrogens with one attached hydrogen (secondary N) is 1. The molecule has 0 aliphatic rings. The highest BCUT2D eigenvalue weighted by Gasteiger charge is 1.93. The summed E-state index contributed by atoms with van der Waals surface area (Å²) in [4.78, 5) is 4.28. The van der Waals surface area contributed by atoms with Crippen molar-refractivity contribution in [3.63, 3.8) is 0 Å². The molecule has 0 radical (unpaired) electrons. The third-order valence-corrected chi connectivity index (χ3v) is 2.12. The van der Waals surface area contributed by atoms with Gasteiger partial charge >= 0.3 is 0 Å². The summed E-state index contributed by atoms with van der Waals surface area (Å²) in [6, 6.07) is 4.08. The summed E-state index contributed by atoms with van der Waals surface area (Å²) in [5.74, 6) is 0. The first-order chi connectivity index (χ1) is 5.83. The Morgan fingerprint density at radius 3 is 2.92 bits per heavy atom. The first kappa shape index (κ1) is 9.68. The second kappa shape index (κ2) is 5.27. The molecular formula is C9H13BrN2. The van der Waals surface area contributed by atoms with Crippen LogP contribution >= 0.6 is 15.9 Å². The van der Waals surface area contributed by atoms with Gasteiger partial charge in [0.15, 0.2) is 0 Å². The molecule has 0 saturated carbocycles. The van der Waals surface area contributed by atoms with Gasteiger partial charge in [0, 0.05) is 16.4 Å². The van der Waals surface area contributed by atoms with Crippen LogP contribution in [-0.2, 0) is 6.42 Å². The molecule has 0 aliphatic carbocycles. The lowest BCUT2D eigenvalue weighted by atomic mass is 10.2. The Labute approximate surface area is 81.5 Å². The van der Waals surface area contributed by atoms with Crippen molar-refractivity contribution in [3.05, 3.63) is 28.5 Å². The van der Waals surface area contributed by atoms with Gasteiger partial charge in [-0.2, -0.15) is 0 Å². The summed E-state index contributed by atoms with van der Waals surface area (Å²) in [6.07, 6.45) is 4.04. The molecule has 0 aromatic carbocycles. The van der Waals surface area contributed by atoms with Crippen molar-refractivity contribution < 1.29 is 0 Å². The highest BCUT2D eigenvalue weighted by Crippen LogP contribution is 2.08. The number of pyridine rings is 1. The zero-order chi connectivity index (χ0) is 8.81. The average molecular weight is 229 g/mol. The third-order valence-electron chi connectivity index (χ3n) is 1.65. The summed E-state index contributed by atoms with van der Waals surface area (Å²) in [7, 11) is 1.97. The van der Waals surface area contributed by atoms with Gasteiger partial charge in [-0.1, -0.05) is 0 Å². The smallest absolute Gasteiger partial charge is 0.0413 e. The zero-order valence-electron chi connectivity index (χ0n) is 7.18. The Kier molecular flexibility index (Phi) is 4.25. The van der Waals surface area contributed by atoms with E-state index in [4.69, 9.17) is 0 Å². The van der Waals surface area contributed by atoms with Crippen LogP contribution in [0.4, 0.5) is 0 Å². The van der Waals surface area contributed by atoms with Crippen molar-refractivity contribution in [3.8, 4) is 0 Å². The zero-order valence-corrected chi connectivity index (χ0v) is 8.76. The lowest BCUT2D eigenvalue weighted by Gasteiger charge is -1.99. The van der Waals surface area contributed by atoms with Crippen LogP contribution in [0.3, 0.4) is 0 Å². The molecule has 12 heavy (non-hydrogen) atoms. The summed E-state index contributed by atoms with van der Waals surface area (Å²) in [5, 5.41) is 3.11. The van der Waals surface area contributed by atoms with Gasteiger partial charge in [-0.05, 0) is 54.5 Å². The number of aryl methyl sites for hydroxylation is 1. The molecule has 1 aromatic heterocycles. The quantitative estimate of drug-likeness (QED) is 0.798. The SMILES string of the molecule is CNCCCc1ccc(Br)cn1. The fourth-order valence-electron chi connectivity index (χ4n) is 1.00. The number of nitrogens with zero attached hydrogens (tertiary/aromatic N) is 1. The van der Waals surface area contributed by atoms with Crippen LogP contribution in [0.25, 0.3) is 0 Å². The largest absolute Gasteiger partial charge is 0.320 e. The molecule has 0 atom stereocenters. The van der Waals surface area contributed by atoms with E-state index in [-0.39, 0.29) is 0 Å². The Bertz CT molecular complexity index is 220. The standard InChI is InChI=1S/C9H13BrN2/c1-11-6-2-3-9-5-4-8(10)7-12-9/h4-5,7,11H,2-3,6H2,1H3. The maximum atomic E-state index is 4.28. The predicted molar refractivity (Wildman–Crippen MR) is 54.2 cm³/mol. The van der Waals surface area contributed by atoms with Crippen LogP contribution in [0.5, 0.6) is 0 Å². The number of hydrogen-bond acceptors (Lipinski definition) is 2. The molecule has 0 fully saturated rings. The number of rotatable bonds is 4. The number of aromatic nitrogens is 1. The van der Waals surface area contributed by atoms with Gasteiger partial charge in [0.25, 0.3) is 0 Å². The Morgan fingerprint density at radius 1 is 1.50 bits per heavy atom. The van der Waals surface area contributed by atoms with E-state index < -0.39 is 0 Å². The first-order valence-electron chi connectivity index (χ1n) is 4.08. The van der Waals surface area contributed by atoms with Crippen LogP contribution in [0.2, 0.25) is 0 Å². The lowest BCUT2D eigenvalue weighted by molar-refractivity contribution is 0.715. The maximum Gasteiger partial charge on any atom is 0.0413 e. The fourth-order valence-corrected chi connectivity index (χ4v) is 1.24. The predicted octanol–water partition coefficient (Wildman–Crippen LogP) is 2.00. The highest BCUT2D eigenvalue weighted by molar-refractivity contribution is 9.10. The molecule has 0 amide bonds. The average Bonchev–Trinajstić information content (AvgIpc) is 2.09. The van der Waals surface area contributed by atoms with Crippen molar-refractivity contribution in [2.45, 2.75) is 12.8 Å². The third kappa shape index (κ3) is 3.32. The van der Waals surface area contributed by atoms with E-state index in [9.17, 15) is 0 Å². The van der Waals surface area contributed by atoms with E-state index in [0.29, 0.717) is 0 Å². The van der Waals surface area contributed by atoms with Crippen LogP contribution in [0.15, 0.2) is 22.8 Å². The molecule has 0 aliphatic heterocycles.